The van der Waals surface area contributed by atoms with Crippen molar-refractivity contribution in [2.24, 2.45) is 0 Å². The molecule has 0 amide bonds. The summed E-state index contributed by atoms with van der Waals surface area (Å²) in [5.74, 6) is 0. The van der Waals surface area contributed by atoms with Crippen LogP contribution < -0.4 is 4.90 Å². The minimum Gasteiger partial charge on any atom is -0.454 e. The second kappa shape index (κ2) is 12.1. The summed E-state index contributed by atoms with van der Waals surface area (Å²) in [7, 11) is 0. The summed E-state index contributed by atoms with van der Waals surface area (Å²) < 4.78 is 6.56. The van der Waals surface area contributed by atoms with E-state index in [1.165, 1.54) is 65.1 Å². The topological polar surface area (TPSA) is 16.4 Å². The van der Waals surface area contributed by atoms with E-state index < -0.39 is 5.41 Å². The maximum Gasteiger partial charge on any atom is 0.159 e. The summed E-state index contributed by atoms with van der Waals surface area (Å²) in [5.41, 5.74) is 15.0. The number of fused-ring (bicyclic) bond motifs is 14. The molecule has 262 valence electrons. The summed E-state index contributed by atoms with van der Waals surface area (Å²) in [4.78, 5) is 4.94. The Morgan fingerprint density at radius 2 is 1.00 bits per heavy atom. The minimum absolute atomic E-state index is 0.430. The molecule has 0 saturated heterocycles. The first-order chi connectivity index (χ1) is 27.8. The molecule has 1 aromatic heterocycles. The number of anilines is 3. The van der Waals surface area contributed by atoms with Crippen molar-refractivity contribution in [2.75, 3.05) is 4.90 Å². The van der Waals surface area contributed by atoms with Gasteiger partial charge in [0.1, 0.15) is 5.58 Å². The Labute approximate surface area is 329 Å². The molecule has 10 aromatic rings. The summed E-state index contributed by atoms with van der Waals surface area (Å²) in [6, 6.07) is 73.1. The summed E-state index contributed by atoms with van der Waals surface area (Å²) in [5, 5.41) is 4.78. The molecule has 0 radical (unpaired) electrons. The van der Waals surface area contributed by atoms with Crippen LogP contribution >= 0.6 is 11.8 Å². The van der Waals surface area contributed by atoms with Crippen LogP contribution in [-0.4, -0.2) is 0 Å². The summed E-state index contributed by atoms with van der Waals surface area (Å²) in [6.07, 6.45) is 0. The lowest BCUT2D eigenvalue weighted by atomic mass is 9.66. The lowest BCUT2D eigenvalue weighted by Gasteiger charge is -2.40. The van der Waals surface area contributed by atoms with E-state index in [2.05, 4.69) is 193 Å². The number of nitrogens with zero attached hydrogens (tertiary/aromatic N) is 1. The Balaban J connectivity index is 1.05. The smallest absolute Gasteiger partial charge is 0.159 e. The molecule has 2 heterocycles. The van der Waals surface area contributed by atoms with Crippen molar-refractivity contribution in [2.45, 2.75) is 15.2 Å². The van der Waals surface area contributed by atoms with Crippen LogP contribution in [0.5, 0.6) is 0 Å². The molecule has 1 aliphatic heterocycles. The van der Waals surface area contributed by atoms with Gasteiger partial charge >= 0.3 is 0 Å². The van der Waals surface area contributed by atoms with Crippen molar-refractivity contribution in [1.29, 1.82) is 0 Å². The highest BCUT2D eigenvalue weighted by Crippen LogP contribution is 2.63. The van der Waals surface area contributed by atoms with Crippen molar-refractivity contribution >= 4 is 61.5 Å². The van der Waals surface area contributed by atoms with Crippen molar-refractivity contribution in [3.8, 4) is 22.3 Å². The molecule has 0 fully saturated rings. The van der Waals surface area contributed by atoms with Gasteiger partial charge in [0.15, 0.2) is 5.58 Å². The standard InChI is InChI=1S/C53H33NOS/c1-2-14-35(15-3-1)54(47-25-13-21-43-41-18-6-10-26-48(41)55-52(43)47)36-30-28-34(29-31-36)37-19-12-20-42-38(37)32-33-50-51(42)53(46-24-9-11-27-49(46)56-50)44-22-7-4-16-39(44)40-17-5-8-23-45(40)53/h1-33H. The van der Waals surface area contributed by atoms with Gasteiger partial charge in [-0.3, -0.25) is 0 Å². The highest BCUT2D eigenvalue weighted by Gasteiger charge is 2.50. The van der Waals surface area contributed by atoms with Crippen LogP contribution in [0.1, 0.15) is 22.3 Å². The van der Waals surface area contributed by atoms with E-state index in [0.29, 0.717) is 0 Å². The van der Waals surface area contributed by atoms with Gasteiger partial charge in [-0.2, -0.15) is 0 Å². The number of hydrogen-bond donors (Lipinski definition) is 0. The highest BCUT2D eigenvalue weighted by atomic mass is 32.2. The van der Waals surface area contributed by atoms with Crippen molar-refractivity contribution in [3.05, 3.63) is 222 Å². The van der Waals surface area contributed by atoms with E-state index in [4.69, 9.17) is 4.42 Å². The average Bonchev–Trinajstić information content (AvgIpc) is 3.79. The lowest BCUT2D eigenvalue weighted by molar-refractivity contribution is 0.669. The molecule has 0 atom stereocenters. The van der Waals surface area contributed by atoms with Gasteiger partial charge in [-0.1, -0.05) is 163 Å². The molecule has 0 saturated carbocycles. The van der Waals surface area contributed by atoms with Gasteiger partial charge in [0.25, 0.3) is 0 Å². The van der Waals surface area contributed by atoms with E-state index in [1.54, 1.807) is 0 Å². The average molecular weight is 732 g/mol. The van der Waals surface area contributed by atoms with E-state index in [-0.39, 0.29) is 0 Å². The molecule has 56 heavy (non-hydrogen) atoms. The molecular formula is C53H33NOS. The largest absolute Gasteiger partial charge is 0.454 e. The maximum absolute atomic E-state index is 6.56. The lowest BCUT2D eigenvalue weighted by Crippen LogP contribution is -2.32. The Morgan fingerprint density at radius 3 is 1.80 bits per heavy atom. The fourth-order valence-electron chi connectivity index (χ4n) is 9.68. The predicted octanol–water partition coefficient (Wildman–Crippen LogP) is 14.7. The Kier molecular flexibility index (Phi) is 6.81. The van der Waals surface area contributed by atoms with Crippen LogP contribution in [0.25, 0.3) is 55.0 Å². The zero-order valence-corrected chi connectivity index (χ0v) is 31.1. The first-order valence-electron chi connectivity index (χ1n) is 19.2. The molecular weight excluding hydrogens is 699 g/mol. The van der Waals surface area contributed by atoms with Crippen molar-refractivity contribution in [1.82, 2.24) is 0 Å². The van der Waals surface area contributed by atoms with Gasteiger partial charge in [-0.25, -0.2) is 0 Å². The summed E-state index contributed by atoms with van der Waals surface area (Å²) >= 11 is 1.90. The van der Waals surface area contributed by atoms with Crippen molar-refractivity contribution < 1.29 is 4.42 Å². The van der Waals surface area contributed by atoms with E-state index in [9.17, 15) is 0 Å². The molecule has 0 unspecified atom stereocenters. The second-order valence-corrected chi connectivity index (χ2v) is 15.8. The van der Waals surface area contributed by atoms with Crippen LogP contribution in [-0.2, 0) is 5.41 Å². The zero-order chi connectivity index (χ0) is 36.8. The molecule has 9 aromatic carbocycles. The first-order valence-corrected chi connectivity index (χ1v) is 20.0. The molecule has 1 aliphatic carbocycles. The van der Waals surface area contributed by atoms with E-state index >= 15 is 0 Å². The number of benzene rings is 9. The van der Waals surface area contributed by atoms with Gasteiger partial charge in [0.05, 0.1) is 11.1 Å². The molecule has 0 bridgehead atoms. The monoisotopic (exact) mass is 731 g/mol. The normalized spacial score (nSPS) is 13.4. The second-order valence-electron chi connectivity index (χ2n) is 14.7. The fourth-order valence-corrected chi connectivity index (χ4v) is 10.9. The van der Waals surface area contributed by atoms with Gasteiger partial charge in [-0.05, 0) is 104 Å². The first kappa shape index (κ1) is 31.5. The van der Waals surface area contributed by atoms with Crippen LogP contribution in [0.15, 0.2) is 214 Å². The van der Waals surface area contributed by atoms with E-state index in [0.717, 1.165) is 39.0 Å². The third-order valence-corrected chi connectivity index (χ3v) is 13.1. The van der Waals surface area contributed by atoms with Crippen LogP contribution in [0.2, 0.25) is 0 Å². The van der Waals surface area contributed by atoms with Gasteiger partial charge < -0.3 is 9.32 Å². The van der Waals surface area contributed by atoms with Gasteiger partial charge in [0, 0.05) is 31.9 Å². The summed E-state index contributed by atoms with van der Waals surface area (Å²) in [6.45, 7) is 0. The highest BCUT2D eigenvalue weighted by molar-refractivity contribution is 7.99. The molecule has 3 heteroatoms. The van der Waals surface area contributed by atoms with Crippen LogP contribution in [0.4, 0.5) is 17.1 Å². The number of hydrogen-bond acceptors (Lipinski definition) is 3. The third kappa shape index (κ3) is 4.35. The molecule has 0 N–H and O–H groups in total. The van der Waals surface area contributed by atoms with Crippen LogP contribution in [0.3, 0.4) is 0 Å². The predicted molar refractivity (Wildman–Crippen MR) is 233 cm³/mol. The van der Waals surface area contributed by atoms with E-state index in [1.807, 2.05) is 23.9 Å². The minimum atomic E-state index is -0.430. The molecule has 1 spiro atoms. The molecule has 12 rings (SSSR count). The van der Waals surface area contributed by atoms with Gasteiger partial charge in [0.2, 0.25) is 0 Å². The number of furan rings is 1. The quantitative estimate of drug-likeness (QED) is 0.179. The Hall–Kier alpha value is -6.81. The number of rotatable bonds is 4. The number of para-hydroxylation sites is 3. The zero-order valence-electron chi connectivity index (χ0n) is 30.3. The van der Waals surface area contributed by atoms with Gasteiger partial charge in [-0.15, -0.1) is 0 Å². The van der Waals surface area contributed by atoms with Crippen LogP contribution in [0, 0.1) is 0 Å². The molecule has 2 nitrogen and oxygen atoms in total. The Morgan fingerprint density at radius 1 is 0.393 bits per heavy atom. The Bertz CT molecular complexity index is 3130. The maximum atomic E-state index is 6.56. The SMILES string of the molecule is c1ccc(N(c2ccc(-c3cccc4c5c(ccc34)Sc3ccccc3C53c4ccccc4-c4ccccc43)cc2)c2cccc3c2oc2ccccc23)cc1. The third-order valence-electron chi connectivity index (χ3n) is 11.9. The van der Waals surface area contributed by atoms with Crippen molar-refractivity contribution in [3.63, 3.8) is 0 Å². The fraction of sp³-hybridized carbons (Fsp3) is 0.0189. The molecule has 2 aliphatic rings.